The van der Waals surface area contributed by atoms with Gasteiger partial charge in [-0.1, -0.05) is 99.9 Å². The molecule has 0 radical (unpaired) electrons. The summed E-state index contributed by atoms with van der Waals surface area (Å²) in [6, 6.07) is 16.9. The molecule has 1 saturated heterocycles. The first-order chi connectivity index (χ1) is 18.7. The van der Waals surface area contributed by atoms with Crippen LogP contribution in [0.1, 0.15) is 33.9 Å². The Hall–Kier alpha value is -2.88. The minimum Gasteiger partial charge on any atom is -0.507 e. The Morgan fingerprint density at radius 3 is 2.49 bits per heavy atom. The van der Waals surface area contributed by atoms with Crippen LogP contribution in [0.2, 0.25) is 15.1 Å². The number of thioether (sulfide) groups is 1. The van der Waals surface area contributed by atoms with Gasteiger partial charge in [0, 0.05) is 16.3 Å². The number of anilines is 1. The number of carbonyl (C=O) groups is 2. The van der Waals surface area contributed by atoms with E-state index in [1.165, 1.54) is 28.0 Å². The maximum atomic E-state index is 13.5. The van der Waals surface area contributed by atoms with Crippen LogP contribution in [-0.4, -0.2) is 27.0 Å². The average Bonchev–Trinajstić information content (AvgIpc) is 3.48. The topological polar surface area (TPSA) is 83.4 Å². The molecule has 4 aromatic rings. The largest absolute Gasteiger partial charge is 0.507 e. The molecular formula is C28H20Cl3N3O3S2. The van der Waals surface area contributed by atoms with Crippen molar-refractivity contribution in [2.45, 2.75) is 30.0 Å². The number of hydrogen-bond acceptors (Lipinski definition) is 7. The summed E-state index contributed by atoms with van der Waals surface area (Å²) in [6.45, 7) is 3.71. The Balaban J connectivity index is 1.59. The van der Waals surface area contributed by atoms with Crippen molar-refractivity contribution in [3.63, 3.8) is 0 Å². The van der Waals surface area contributed by atoms with Crippen molar-refractivity contribution in [2.75, 3.05) is 4.90 Å². The van der Waals surface area contributed by atoms with Gasteiger partial charge >= 0.3 is 5.91 Å². The lowest BCUT2D eigenvalue weighted by Crippen LogP contribution is -2.29. The molecule has 39 heavy (non-hydrogen) atoms. The van der Waals surface area contributed by atoms with Crippen LogP contribution in [0, 0.1) is 13.8 Å². The normalized spacial score (nSPS) is 16.7. The van der Waals surface area contributed by atoms with Gasteiger partial charge in [0.1, 0.15) is 5.76 Å². The van der Waals surface area contributed by atoms with Crippen LogP contribution < -0.4 is 4.90 Å². The monoisotopic (exact) mass is 615 g/mol. The third kappa shape index (κ3) is 5.44. The fourth-order valence-electron chi connectivity index (χ4n) is 4.28. The van der Waals surface area contributed by atoms with Crippen molar-refractivity contribution in [1.29, 1.82) is 0 Å². The van der Waals surface area contributed by atoms with Crippen LogP contribution in [0.5, 0.6) is 0 Å². The van der Waals surface area contributed by atoms with E-state index in [-0.39, 0.29) is 21.5 Å². The predicted molar refractivity (Wildman–Crippen MR) is 158 cm³/mol. The Kier molecular flexibility index (Phi) is 8.03. The number of carbonyl (C=O) groups excluding carboxylic acids is 2. The smallest absolute Gasteiger partial charge is 0.301 e. The van der Waals surface area contributed by atoms with E-state index in [1.54, 1.807) is 24.3 Å². The van der Waals surface area contributed by atoms with E-state index in [1.807, 2.05) is 50.2 Å². The lowest BCUT2D eigenvalue weighted by atomic mass is 9.93. The first kappa shape index (κ1) is 27.7. The maximum Gasteiger partial charge on any atom is 0.301 e. The second-order valence-electron chi connectivity index (χ2n) is 8.89. The van der Waals surface area contributed by atoms with Gasteiger partial charge in [0.05, 0.1) is 21.7 Å². The van der Waals surface area contributed by atoms with Gasteiger partial charge in [0.15, 0.2) is 4.34 Å². The first-order valence-corrected chi connectivity index (χ1v) is 14.6. The molecule has 1 N–H and O–H groups in total. The molecule has 11 heteroatoms. The highest BCUT2D eigenvalue weighted by Crippen LogP contribution is 2.45. The van der Waals surface area contributed by atoms with Crippen molar-refractivity contribution < 1.29 is 14.7 Å². The summed E-state index contributed by atoms with van der Waals surface area (Å²) in [7, 11) is 0. The van der Waals surface area contributed by atoms with Crippen molar-refractivity contribution in [2.24, 2.45) is 0 Å². The first-order valence-electron chi connectivity index (χ1n) is 11.7. The number of hydrogen-bond donors (Lipinski definition) is 1. The van der Waals surface area contributed by atoms with E-state index in [2.05, 4.69) is 10.2 Å². The molecule has 1 fully saturated rings. The molecule has 0 spiro atoms. The molecule has 1 aliphatic rings. The van der Waals surface area contributed by atoms with Crippen LogP contribution in [0.4, 0.5) is 5.13 Å². The lowest BCUT2D eigenvalue weighted by molar-refractivity contribution is -0.132. The number of halogens is 3. The molecule has 1 aliphatic heterocycles. The standard InChI is InChI=1S/C28H20Cl3N3O3S2/c1-14-7-8-15(2)18(11-14)24(35)22-23(16-9-10-20(30)21(31)12-16)34(26(37)25(22)36)27-32-33-28(39-27)38-13-17-5-3-4-6-19(17)29/h3-12,23,35H,13H2,1-2H3/b24-22+. The van der Waals surface area contributed by atoms with Gasteiger partial charge in [-0.2, -0.15) is 0 Å². The number of aryl methyl sites for hydroxylation is 2. The van der Waals surface area contributed by atoms with Crippen LogP contribution in [0.15, 0.2) is 70.6 Å². The lowest BCUT2D eigenvalue weighted by Gasteiger charge is -2.23. The van der Waals surface area contributed by atoms with Gasteiger partial charge in [-0.25, -0.2) is 0 Å². The molecule has 3 aromatic carbocycles. The highest BCUT2D eigenvalue weighted by Gasteiger charge is 2.48. The van der Waals surface area contributed by atoms with Gasteiger partial charge in [-0.3, -0.25) is 14.5 Å². The van der Waals surface area contributed by atoms with E-state index >= 15 is 0 Å². The molecule has 1 unspecified atom stereocenters. The molecule has 0 saturated carbocycles. The van der Waals surface area contributed by atoms with Crippen molar-refractivity contribution in [3.05, 3.63) is 109 Å². The minimum absolute atomic E-state index is 0.0624. The highest BCUT2D eigenvalue weighted by atomic mass is 35.5. The average molecular weight is 617 g/mol. The molecule has 5 rings (SSSR count). The van der Waals surface area contributed by atoms with E-state index in [4.69, 9.17) is 34.8 Å². The molecule has 1 aromatic heterocycles. The van der Waals surface area contributed by atoms with Gasteiger partial charge in [0.2, 0.25) is 5.13 Å². The number of rotatable bonds is 6. The van der Waals surface area contributed by atoms with E-state index in [9.17, 15) is 14.7 Å². The summed E-state index contributed by atoms with van der Waals surface area (Å²) in [5.74, 6) is -1.37. The molecule has 0 bridgehead atoms. The second kappa shape index (κ2) is 11.3. The van der Waals surface area contributed by atoms with Gasteiger partial charge in [-0.05, 0) is 54.8 Å². The number of aliphatic hydroxyl groups is 1. The number of Topliss-reactive ketones (excluding diaryl/α,β-unsaturated/α-hetero) is 1. The number of aliphatic hydroxyl groups excluding tert-OH is 1. The second-order valence-corrected chi connectivity index (χ2v) is 12.3. The van der Waals surface area contributed by atoms with E-state index < -0.39 is 17.7 Å². The third-order valence-electron chi connectivity index (χ3n) is 6.26. The van der Waals surface area contributed by atoms with Crippen molar-refractivity contribution in [3.8, 4) is 0 Å². The fourth-order valence-corrected chi connectivity index (χ4v) is 6.74. The summed E-state index contributed by atoms with van der Waals surface area (Å²) >= 11 is 21.3. The fraction of sp³-hybridized carbons (Fsp3) is 0.143. The quantitative estimate of drug-likeness (QED) is 0.0776. The van der Waals surface area contributed by atoms with Crippen LogP contribution in [0.25, 0.3) is 5.76 Å². The summed E-state index contributed by atoms with van der Waals surface area (Å²) in [5, 5.41) is 21.4. The van der Waals surface area contributed by atoms with Gasteiger partial charge < -0.3 is 5.11 Å². The third-order valence-corrected chi connectivity index (χ3v) is 9.48. The van der Waals surface area contributed by atoms with Crippen molar-refractivity contribution >= 4 is 80.5 Å². The summed E-state index contributed by atoms with van der Waals surface area (Å²) < 4.78 is 0.592. The number of nitrogens with zero attached hydrogens (tertiary/aromatic N) is 3. The molecule has 6 nitrogen and oxygen atoms in total. The highest BCUT2D eigenvalue weighted by molar-refractivity contribution is 8.00. The Morgan fingerprint density at radius 1 is 0.974 bits per heavy atom. The molecular weight excluding hydrogens is 597 g/mol. The molecule has 1 amide bonds. The number of aromatic nitrogens is 2. The SMILES string of the molecule is Cc1ccc(C)c(/C(O)=C2\C(=O)C(=O)N(c3nnc(SCc4ccccc4Cl)s3)C2c2ccc(Cl)c(Cl)c2)c1. The number of amides is 1. The van der Waals surface area contributed by atoms with Crippen LogP contribution >= 0.6 is 57.9 Å². The Morgan fingerprint density at radius 2 is 1.74 bits per heavy atom. The van der Waals surface area contributed by atoms with Gasteiger partial charge in [-0.15, -0.1) is 10.2 Å². The van der Waals surface area contributed by atoms with E-state index in [0.717, 1.165) is 16.7 Å². The van der Waals surface area contributed by atoms with Crippen molar-refractivity contribution in [1.82, 2.24) is 10.2 Å². The Bertz CT molecular complexity index is 1650. The van der Waals surface area contributed by atoms with E-state index in [0.29, 0.717) is 31.3 Å². The summed E-state index contributed by atoms with van der Waals surface area (Å²) in [5.41, 5.74) is 3.48. The summed E-state index contributed by atoms with van der Waals surface area (Å²) in [4.78, 5) is 28.2. The zero-order valence-electron chi connectivity index (χ0n) is 20.6. The van der Waals surface area contributed by atoms with Crippen LogP contribution in [0.3, 0.4) is 0 Å². The zero-order valence-corrected chi connectivity index (χ0v) is 24.5. The minimum atomic E-state index is -0.992. The molecule has 198 valence electrons. The van der Waals surface area contributed by atoms with Gasteiger partial charge in [0.25, 0.3) is 5.78 Å². The maximum absolute atomic E-state index is 13.5. The molecule has 0 aliphatic carbocycles. The zero-order chi connectivity index (χ0) is 27.8. The predicted octanol–water partition coefficient (Wildman–Crippen LogP) is 8.03. The molecule has 1 atom stereocenters. The molecule has 2 heterocycles. The Labute approximate surface area is 248 Å². The number of ketones is 1. The van der Waals surface area contributed by atoms with Crippen LogP contribution in [-0.2, 0) is 15.3 Å². The number of benzene rings is 3. The summed E-state index contributed by atoms with van der Waals surface area (Å²) in [6.07, 6.45) is 0.